The molecule has 0 saturated carbocycles. The summed E-state index contributed by atoms with van der Waals surface area (Å²) in [6.07, 6.45) is 0. The van der Waals surface area contributed by atoms with Gasteiger partial charge in [-0.05, 0) is 24.1 Å². The van der Waals surface area contributed by atoms with Crippen LogP contribution in [0.25, 0.3) is 0 Å². The number of hydrogen-bond acceptors (Lipinski definition) is 2. The van der Waals surface area contributed by atoms with Crippen LogP contribution in [0.2, 0.25) is 5.02 Å². The largest absolute Gasteiger partial charge is 0.323 e. The Labute approximate surface area is 105 Å². The molecule has 1 unspecified atom stereocenters. The summed E-state index contributed by atoms with van der Waals surface area (Å²) in [4.78, 5) is 11.6. The van der Waals surface area contributed by atoms with E-state index in [0.29, 0.717) is 5.02 Å². The molecule has 1 aromatic carbocycles. The average molecular weight is 262 g/mol. The summed E-state index contributed by atoms with van der Waals surface area (Å²) < 4.78 is 13.4. The molecule has 0 heterocycles. The number of halogens is 2. The van der Waals surface area contributed by atoms with Crippen molar-refractivity contribution in [3.05, 3.63) is 29.0 Å². The Kier molecular flexibility index (Phi) is 4.62. The molecule has 0 bridgehead atoms. The van der Waals surface area contributed by atoms with Crippen molar-refractivity contribution >= 4 is 35.8 Å². The van der Waals surface area contributed by atoms with E-state index in [2.05, 4.69) is 17.9 Å². The van der Waals surface area contributed by atoms with Gasteiger partial charge in [-0.2, -0.15) is 12.6 Å². The van der Waals surface area contributed by atoms with Crippen LogP contribution in [0.1, 0.15) is 13.8 Å². The Balaban J connectivity index is 2.77. The highest BCUT2D eigenvalue weighted by Crippen LogP contribution is 2.20. The smallest absolute Gasteiger partial charge is 0.237 e. The zero-order valence-corrected chi connectivity index (χ0v) is 10.6. The van der Waals surface area contributed by atoms with Crippen LogP contribution in [0, 0.1) is 11.7 Å². The van der Waals surface area contributed by atoms with Crippen LogP contribution in [0.3, 0.4) is 0 Å². The Morgan fingerprint density at radius 1 is 1.50 bits per heavy atom. The van der Waals surface area contributed by atoms with Gasteiger partial charge in [-0.1, -0.05) is 25.4 Å². The summed E-state index contributed by atoms with van der Waals surface area (Å²) in [6.45, 7) is 3.74. The van der Waals surface area contributed by atoms with Crippen molar-refractivity contribution in [2.24, 2.45) is 5.92 Å². The number of hydrogen-bond donors (Lipinski definition) is 2. The van der Waals surface area contributed by atoms with Gasteiger partial charge >= 0.3 is 0 Å². The number of anilines is 1. The molecular weight excluding hydrogens is 249 g/mol. The van der Waals surface area contributed by atoms with Gasteiger partial charge < -0.3 is 5.32 Å². The second kappa shape index (κ2) is 5.55. The topological polar surface area (TPSA) is 29.1 Å². The van der Waals surface area contributed by atoms with Crippen LogP contribution < -0.4 is 5.32 Å². The molecule has 88 valence electrons. The summed E-state index contributed by atoms with van der Waals surface area (Å²) in [5.41, 5.74) is 0.120. The van der Waals surface area contributed by atoms with Crippen molar-refractivity contribution in [2.75, 3.05) is 5.32 Å². The minimum atomic E-state index is -0.551. The lowest BCUT2D eigenvalue weighted by Gasteiger charge is -2.14. The summed E-state index contributed by atoms with van der Waals surface area (Å²) in [6, 6.07) is 4.10. The third-order valence-corrected chi connectivity index (χ3v) is 3.15. The van der Waals surface area contributed by atoms with Gasteiger partial charge in [0.05, 0.1) is 10.9 Å². The van der Waals surface area contributed by atoms with E-state index in [4.69, 9.17) is 11.6 Å². The van der Waals surface area contributed by atoms with Crippen LogP contribution in [-0.4, -0.2) is 11.2 Å². The van der Waals surface area contributed by atoms with Crippen LogP contribution >= 0.6 is 24.2 Å². The first-order valence-corrected chi connectivity index (χ1v) is 5.75. The molecular formula is C11H13ClFNOS. The van der Waals surface area contributed by atoms with Crippen molar-refractivity contribution in [1.82, 2.24) is 0 Å². The molecule has 1 rings (SSSR count). The Hall–Kier alpha value is -0.740. The molecule has 5 heteroatoms. The second-order valence-corrected chi connectivity index (χ2v) is 4.80. The van der Waals surface area contributed by atoms with E-state index in [-0.39, 0.29) is 17.5 Å². The highest BCUT2D eigenvalue weighted by Gasteiger charge is 2.18. The first-order valence-electron chi connectivity index (χ1n) is 4.86. The molecule has 0 aliphatic heterocycles. The Morgan fingerprint density at radius 3 is 2.62 bits per heavy atom. The third-order valence-electron chi connectivity index (χ3n) is 2.09. The SMILES string of the molecule is CC(C)C(S)C(=O)Nc1ccc(Cl)cc1F. The van der Waals surface area contributed by atoms with Gasteiger partial charge in [-0.15, -0.1) is 0 Å². The maximum Gasteiger partial charge on any atom is 0.237 e. The van der Waals surface area contributed by atoms with E-state index in [9.17, 15) is 9.18 Å². The van der Waals surface area contributed by atoms with E-state index in [0.717, 1.165) is 6.07 Å². The van der Waals surface area contributed by atoms with E-state index in [1.165, 1.54) is 12.1 Å². The van der Waals surface area contributed by atoms with Crippen molar-refractivity contribution in [3.8, 4) is 0 Å². The predicted molar refractivity (Wildman–Crippen MR) is 67.7 cm³/mol. The summed E-state index contributed by atoms with van der Waals surface area (Å²) in [5, 5.41) is 2.30. The molecule has 0 radical (unpaired) electrons. The number of rotatable bonds is 3. The lowest BCUT2D eigenvalue weighted by atomic mass is 10.1. The number of thiol groups is 1. The maximum absolute atomic E-state index is 13.4. The molecule has 0 aliphatic carbocycles. The van der Waals surface area contributed by atoms with Gasteiger partial charge in [0.15, 0.2) is 0 Å². The number of amides is 1. The average Bonchev–Trinajstić information content (AvgIpc) is 2.20. The first-order chi connectivity index (χ1) is 7.41. The van der Waals surface area contributed by atoms with E-state index in [1.54, 1.807) is 0 Å². The summed E-state index contributed by atoms with van der Waals surface area (Å²) >= 11 is 9.74. The quantitative estimate of drug-likeness (QED) is 0.803. The lowest BCUT2D eigenvalue weighted by Crippen LogP contribution is -2.27. The van der Waals surface area contributed by atoms with Crippen LogP contribution in [0.5, 0.6) is 0 Å². The lowest BCUT2D eigenvalue weighted by molar-refractivity contribution is -0.116. The Bertz CT molecular complexity index is 398. The van der Waals surface area contributed by atoms with Gasteiger partial charge in [0, 0.05) is 5.02 Å². The van der Waals surface area contributed by atoms with Crippen LogP contribution in [0.15, 0.2) is 18.2 Å². The first kappa shape index (κ1) is 13.3. The van der Waals surface area contributed by atoms with E-state index in [1.807, 2.05) is 13.8 Å². The van der Waals surface area contributed by atoms with Gasteiger partial charge in [0.1, 0.15) is 5.82 Å². The third kappa shape index (κ3) is 3.39. The second-order valence-electron chi connectivity index (χ2n) is 3.80. The van der Waals surface area contributed by atoms with Gasteiger partial charge in [-0.3, -0.25) is 4.79 Å². The van der Waals surface area contributed by atoms with Gasteiger partial charge in [-0.25, -0.2) is 4.39 Å². The summed E-state index contributed by atoms with van der Waals surface area (Å²) in [5.74, 6) is -0.789. The minimum absolute atomic E-state index is 0.0821. The fourth-order valence-corrected chi connectivity index (χ4v) is 1.32. The van der Waals surface area contributed by atoms with Crippen molar-refractivity contribution in [2.45, 2.75) is 19.1 Å². The molecule has 1 N–H and O–H groups in total. The van der Waals surface area contributed by atoms with Crippen LogP contribution in [0.4, 0.5) is 10.1 Å². The summed E-state index contributed by atoms with van der Waals surface area (Å²) in [7, 11) is 0. The number of nitrogens with one attached hydrogen (secondary N) is 1. The van der Waals surface area contributed by atoms with Crippen LogP contribution in [-0.2, 0) is 4.79 Å². The zero-order chi connectivity index (χ0) is 12.3. The molecule has 0 spiro atoms. The molecule has 0 saturated heterocycles. The molecule has 1 atom stereocenters. The molecule has 16 heavy (non-hydrogen) atoms. The highest BCUT2D eigenvalue weighted by molar-refractivity contribution is 7.81. The van der Waals surface area contributed by atoms with E-state index < -0.39 is 11.1 Å². The Morgan fingerprint density at radius 2 is 2.12 bits per heavy atom. The molecule has 0 fully saturated rings. The fraction of sp³-hybridized carbons (Fsp3) is 0.364. The number of carbonyl (C=O) groups is 1. The van der Waals surface area contributed by atoms with Crippen molar-refractivity contribution in [1.29, 1.82) is 0 Å². The normalized spacial score (nSPS) is 12.6. The fourth-order valence-electron chi connectivity index (χ4n) is 1.10. The molecule has 0 aliphatic rings. The standard InChI is InChI=1S/C11H13ClFNOS/c1-6(2)10(16)11(15)14-9-4-3-7(12)5-8(9)13/h3-6,10,16H,1-2H3,(H,14,15). The molecule has 0 aromatic heterocycles. The maximum atomic E-state index is 13.4. The van der Waals surface area contributed by atoms with Crippen molar-refractivity contribution in [3.63, 3.8) is 0 Å². The van der Waals surface area contributed by atoms with E-state index >= 15 is 0 Å². The van der Waals surface area contributed by atoms with Gasteiger partial charge in [0.25, 0.3) is 0 Å². The molecule has 1 aromatic rings. The monoisotopic (exact) mass is 261 g/mol. The molecule has 1 amide bonds. The number of benzene rings is 1. The number of carbonyl (C=O) groups excluding carboxylic acids is 1. The predicted octanol–water partition coefficient (Wildman–Crippen LogP) is 3.37. The zero-order valence-electron chi connectivity index (χ0n) is 9.00. The van der Waals surface area contributed by atoms with Crippen molar-refractivity contribution < 1.29 is 9.18 Å². The minimum Gasteiger partial charge on any atom is -0.323 e. The highest BCUT2D eigenvalue weighted by atomic mass is 35.5. The van der Waals surface area contributed by atoms with Gasteiger partial charge in [0.2, 0.25) is 5.91 Å². The molecule has 2 nitrogen and oxygen atoms in total.